The van der Waals surface area contributed by atoms with Crippen LogP contribution in [0.15, 0.2) is 47.6 Å². The molecule has 2 rings (SSSR count). The molecule has 2 aromatic rings. The number of hydrogen-bond donors (Lipinski definition) is 1. The average Bonchev–Trinajstić information content (AvgIpc) is 2.60. The number of halogens is 1. The molecule has 0 unspecified atom stereocenters. The SMILES string of the molecule is COc1ccc(/C=N/NC(=O)c2cccc(F)c2)cc1COC(C)=O. The van der Waals surface area contributed by atoms with E-state index in [4.69, 9.17) is 9.47 Å². The Morgan fingerprint density at radius 3 is 2.72 bits per heavy atom. The van der Waals surface area contributed by atoms with Crippen LogP contribution in [0.5, 0.6) is 5.75 Å². The van der Waals surface area contributed by atoms with Crippen LogP contribution < -0.4 is 10.2 Å². The first kappa shape index (κ1) is 18.1. The number of methoxy groups -OCH3 is 1. The van der Waals surface area contributed by atoms with Crippen molar-refractivity contribution in [2.45, 2.75) is 13.5 Å². The lowest BCUT2D eigenvalue weighted by molar-refractivity contribution is -0.142. The molecule has 0 aliphatic carbocycles. The number of esters is 1. The average molecular weight is 344 g/mol. The number of carbonyl (C=O) groups excluding carboxylic acids is 2. The molecule has 1 amide bonds. The van der Waals surface area contributed by atoms with Gasteiger partial charge in [-0.15, -0.1) is 0 Å². The minimum absolute atomic E-state index is 0.0653. The number of nitrogens with zero attached hydrogens (tertiary/aromatic N) is 1. The highest BCUT2D eigenvalue weighted by Gasteiger charge is 2.07. The fourth-order valence-corrected chi connectivity index (χ4v) is 2.03. The smallest absolute Gasteiger partial charge is 0.302 e. The van der Waals surface area contributed by atoms with Gasteiger partial charge in [0, 0.05) is 18.1 Å². The molecule has 0 atom stereocenters. The fraction of sp³-hybridized carbons (Fsp3) is 0.167. The van der Waals surface area contributed by atoms with E-state index in [1.807, 2.05) is 0 Å². The summed E-state index contributed by atoms with van der Waals surface area (Å²) in [5, 5.41) is 3.84. The van der Waals surface area contributed by atoms with Gasteiger partial charge in [-0.3, -0.25) is 9.59 Å². The van der Waals surface area contributed by atoms with Crippen molar-refractivity contribution in [2.24, 2.45) is 5.10 Å². The molecule has 0 aromatic heterocycles. The monoisotopic (exact) mass is 344 g/mol. The van der Waals surface area contributed by atoms with Crippen LogP contribution in [0.25, 0.3) is 0 Å². The standard InChI is InChI=1S/C18H17FN2O4/c1-12(22)25-11-15-8-13(6-7-17(15)24-2)10-20-21-18(23)14-4-3-5-16(19)9-14/h3-10H,11H2,1-2H3,(H,21,23)/b20-10+. The summed E-state index contributed by atoms with van der Waals surface area (Å²) in [4.78, 5) is 22.8. The molecule has 0 spiro atoms. The van der Waals surface area contributed by atoms with Crippen LogP contribution in [-0.2, 0) is 16.1 Å². The summed E-state index contributed by atoms with van der Waals surface area (Å²) in [6.45, 7) is 1.38. The van der Waals surface area contributed by atoms with Gasteiger partial charge in [-0.2, -0.15) is 5.10 Å². The van der Waals surface area contributed by atoms with E-state index in [1.165, 1.54) is 38.4 Å². The van der Waals surface area contributed by atoms with Crippen LogP contribution in [0.1, 0.15) is 28.4 Å². The number of carbonyl (C=O) groups is 2. The van der Waals surface area contributed by atoms with Gasteiger partial charge in [-0.1, -0.05) is 6.07 Å². The Morgan fingerprint density at radius 1 is 1.24 bits per heavy atom. The minimum Gasteiger partial charge on any atom is -0.496 e. The van der Waals surface area contributed by atoms with Crippen LogP contribution in [0.4, 0.5) is 4.39 Å². The summed E-state index contributed by atoms with van der Waals surface area (Å²) in [6, 6.07) is 10.5. The number of rotatable bonds is 6. The number of hydrazone groups is 1. The van der Waals surface area contributed by atoms with Crippen molar-refractivity contribution in [1.82, 2.24) is 5.43 Å². The molecule has 0 bridgehead atoms. The van der Waals surface area contributed by atoms with Gasteiger partial charge in [0.1, 0.15) is 18.2 Å². The zero-order valence-corrected chi connectivity index (χ0v) is 13.8. The third-order valence-electron chi connectivity index (χ3n) is 3.20. The molecular weight excluding hydrogens is 327 g/mol. The lowest BCUT2D eigenvalue weighted by Gasteiger charge is -2.09. The summed E-state index contributed by atoms with van der Waals surface area (Å²) < 4.78 is 23.3. The highest BCUT2D eigenvalue weighted by molar-refractivity contribution is 5.94. The third kappa shape index (κ3) is 5.42. The first-order valence-electron chi connectivity index (χ1n) is 7.39. The largest absolute Gasteiger partial charge is 0.496 e. The topological polar surface area (TPSA) is 77.0 Å². The zero-order valence-electron chi connectivity index (χ0n) is 13.8. The van der Waals surface area contributed by atoms with Crippen molar-refractivity contribution in [3.8, 4) is 5.75 Å². The van der Waals surface area contributed by atoms with Crippen molar-refractivity contribution < 1.29 is 23.5 Å². The molecule has 25 heavy (non-hydrogen) atoms. The van der Waals surface area contributed by atoms with E-state index in [9.17, 15) is 14.0 Å². The fourth-order valence-electron chi connectivity index (χ4n) is 2.03. The van der Waals surface area contributed by atoms with Crippen LogP contribution in [0.3, 0.4) is 0 Å². The summed E-state index contributed by atoms with van der Waals surface area (Å²) in [5.74, 6) is -0.850. The van der Waals surface area contributed by atoms with Crippen molar-refractivity contribution in [1.29, 1.82) is 0 Å². The molecule has 0 aliphatic rings. The predicted octanol–water partition coefficient (Wildman–Crippen LogP) is 2.66. The summed E-state index contributed by atoms with van der Waals surface area (Å²) in [6.07, 6.45) is 1.42. The number of benzene rings is 2. The van der Waals surface area contributed by atoms with Gasteiger partial charge >= 0.3 is 5.97 Å². The van der Waals surface area contributed by atoms with E-state index >= 15 is 0 Å². The molecular formula is C18H17FN2O4. The first-order chi connectivity index (χ1) is 12.0. The maximum absolute atomic E-state index is 13.1. The van der Waals surface area contributed by atoms with Crippen molar-refractivity contribution >= 4 is 18.1 Å². The second-order valence-corrected chi connectivity index (χ2v) is 5.06. The summed E-state index contributed by atoms with van der Waals surface area (Å²) in [7, 11) is 1.51. The highest BCUT2D eigenvalue weighted by Crippen LogP contribution is 2.20. The summed E-state index contributed by atoms with van der Waals surface area (Å²) in [5.41, 5.74) is 3.82. The van der Waals surface area contributed by atoms with Crippen molar-refractivity contribution in [2.75, 3.05) is 7.11 Å². The van der Waals surface area contributed by atoms with Gasteiger partial charge in [-0.05, 0) is 42.0 Å². The van der Waals surface area contributed by atoms with Crippen molar-refractivity contribution in [3.63, 3.8) is 0 Å². The van der Waals surface area contributed by atoms with Crippen molar-refractivity contribution in [3.05, 3.63) is 65.0 Å². The Bertz CT molecular complexity index is 805. The minimum atomic E-state index is -0.524. The molecule has 2 aromatic carbocycles. The molecule has 130 valence electrons. The van der Waals surface area contributed by atoms with E-state index in [2.05, 4.69) is 10.5 Å². The number of nitrogens with one attached hydrogen (secondary N) is 1. The van der Waals surface area contributed by atoms with Gasteiger partial charge < -0.3 is 9.47 Å². The second kappa shape index (κ2) is 8.58. The van der Waals surface area contributed by atoms with Crippen LogP contribution in [-0.4, -0.2) is 25.2 Å². The molecule has 0 aliphatic heterocycles. The first-order valence-corrected chi connectivity index (χ1v) is 7.39. The van der Waals surface area contributed by atoms with E-state index < -0.39 is 17.7 Å². The summed E-state index contributed by atoms with van der Waals surface area (Å²) >= 11 is 0. The van der Waals surface area contributed by atoms with Gasteiger partial charge in [-0.25, -0.2) is 9.82 Å². The molecule has 0 heterocycles. The van der Waals surface area contributed by atoms with E-state index in [0.29, 0.717) is 16.9 Å². The van der Waals surface area contributed by atoms with Crippen LogP contribution in [0, 0.1) is 5.82 Å². The Labute approximate surface area is 144 Å². The maximum atomic E-state index is 13.1. The molecule has 7 heteroatoms. The maximum Gasteiger partial charge on any atom is 0.302 e. The van der Waals surface area contributed by atoms with Gasteiger partial charge in [0.25, 0.3) is 5.91 Å². The lowest BCUT2D eigenvalue weighted by Crippen LogP contribution is -2.17. The molecule has 6 nitrogen and oxygen atoms in total. The normalized spacial score (nSPS) is 10.5. The molecule has 0 radical (unpaired) electrons. The van der Waals surface area contributed by atoms with E-state index in [-0.39, 0.29) is 12.2 Å². The number of ether oxygens (including phenoxy) is 2. The van der Waals surface area contributed by atoms with E-state index in [1.54, 1.807) is 18.2 Å². The second-order valence-electron chi connectivity index (χ2n) is 5.06. The van der Waals surface area contributed by atoms with Gasteiger partial charge in [0.15, 0.2) is 0 Å². The van der Waals surface area contributed by atoms with Crippen LogP contribution in [0.2, 0.25) is 0 Å². The lowest BCUT2D eigenvalue weighted by atomic mass is 10.1. The molecule has 0 saturated carbocycles. The predicted molar refractivity (Wildman–Crippen MR) is 89.9 cm³/mol. The Kier molecular flexibility index (Phi) is 6.22. The quantitative estimate of drug-likeness (QED) is 0.496. The highest BCUT2D eigenvalue weighted by atomic mass is 19.1. The van der Waals surface area contributed by atoms with E-state index in [0.717, 1.165) is 6.07 Å². The Balaban J connectivity index is 2.06. The van der Waals surface area contributed by atoms with Gasteiger partial charge in [0.05, 0.1) is 13.3 Å². The van der Waals surface area contributed by atoms with Gasteiger partial charge in [0.2, 0.25) is 0 Å². The zero-order chi connectivity index (χ0) is 18.2. The molecule has 0 fully saturated rings. The Hall–Kier alpha value is -3.22. The number of hydrogen-bond acceptors (Lipinski definition) is 5. The molecule has 1 N–H and O–H groups in total. The Morgan fingerprint density at radius 2 is 2.04 bits per heavy atom. The van der Waals surface area contributed by atoms with Crippen LogP contribution >= 0.6 is 0 Å². The third-order valence-corrected chi connectivity index (χ3v) is 3.20. The number of amides is 1. The molecule has 0 saturated heterocycles.